The molecule has 0 aromatic carbocycles. The second-order valence-corrected chi connectivity index (χ2v) is 3.22. The van der Waals surface area contributed by atoms with Gasteiger partial charge in [0.1, 0.15) is 0 Å². The highest BCUT2D eigenvalue weighted by Gasteiger charge is 2.17. The van der Waals surface area contributed by atoms with Gasteiger partial charge < -0.3 is 15.4 Å². The zero-order valence-electron chi connectivity index (χ0n) is 8.06. The lowest BCUT2D eigenvalue weighted by Crippen LogP contribution is -2.42. The number of aromatic nitrogens is 4. The molecule has 1 aromatic rings. The molecule has 1 aliphatic heterocycles. The first-order valence-electron chi connectivity index (χ1n) is 4.69. The molecule has 3 N–H and O–H groups in total. The van der Waals surface area contributed by atoms with Crippen molar-refractivity contribution < 1.29 is 9.53 Å². The quantitative estimate of drug-likeness (QED) is 0.583. The topological polar surface area (TPSA) is 105 Å². The van der Waals surface area contributed by atoms with Gasteiger partial charge in [-0.25, -0.2) is 4.79 Å². The summed E-state index contributed by atoms with van der Waals surface area (Å²) < 4.78 is 5.13. The standard InChI is InChI=1S/C7H12N6O2/c14-7(9-5-1-2-15-4-5)8-3-6-10-12-13-11-6/h5H,1-4H2,(H2,8,9,14)(H,10,11,12,13). The van der Waals surface area contributed by atoms with E-state index in [0.717, 1.165) is 6.42 Å². The molecule has 2 heterocycles. The van der Waals surface area contributed by atoms with Crippen molar-refractivity contribution in [2.45, 2.75) is 19.0 Å². The molecule has 1 fully saturated rings. The Labute approximate surface area is 85.8 Å². The van der Waals surface area contributed by atoms with Crippen molar-refractivity contribution in [1.29, 1.82) is 0 Å². The van der Waals surface area contributed by atoms with Crippen LogP contribution in [-0.4, -0.2) is 45.9 Å². The minimum atomic E-state index is -0.240. The summed E-state index contributed by atoms with van der Waals surface area (Å²) in [5.74, 6) is 0.452. The number of hydrogen-bond acceptors (Lipinski definition) is 5. The van der Waals surface area contributed by atoms with Crippen LogP contribution >= 0.6 is 0 Å². The summed E-state index contributed by atoms with van der Waals surface area (Å²) in [6.45, 7) is 1.54. The molecule has 2 amide bonds. The highest BCUT2D eigenvalue weighted by molar-refractivity contribution is 5.74. The fourth-order valence-electron chi connectivity index (χ4n) is 1.30. The first-order valence-corrected chi connectivity index (χ1v) is 4.69. The van der Waals surface area contributed by atoms with Crippen molar-refractivity contribution >= 4 is 6.03 Å². The number of aromatic amines is 1. The van der Waals surface area contributed by atoms with Gasteiger partial charge in [0, 0.05) is 6.61 Å². The number of carbonyl (C=O) groups excluding carboxylic acids is 1. The predicted octanol–water partition coefficient (Wildman–Crippen LogP) is -1.21. The summed E-state index contributed by atoms with van der Waals surface area (Å²) in [6.07, 6.45) is 0.857. The molecule has 1 atom stereocenters. The third-order valence-corrected chi connectivity index (χ3v) is 2.06. The molecule has 1 saturated heterocycles. The molecule has 15 heavy (non-hydrogen) atoms. The van der Waals surface area contributed by atoms with E-state index in [0.29, 0.717) is 19.0 Å². The molecule has 2 rings (SSSR count). The summed E-state index contributed by atoms with van der Waals surface area (Å²) in [5.41, 5.74) is 0. The van der Waals surface area contributed by atoms with Crippen LogP contribution in [0.4, 0.5) is 4.79 Å². The number of nitrogens with one attached hydrogen (secondary N) is 3. The van der Waals surface area contributed by atoms with Gasteiger partial charge in [-0.2, -0.15) is 5.21 Å². The number of rotatable bonds is 3. The second-order valence-electron chi connectivity index (χ2n) is 3.22. The molecule has 1 aliphatic rings. The monoisotopic (exact) mass is 212 g/mol. The number of tetrazole rings is 1. The molecule has 0 radical (unpaired) electrons. The Balaban J connectivity index is 1.68. The van der Waals surface area contributed by atoms with Gasteiger partial charge in [-0.15, -0.1) is 10.2 Å². The lowest BCUT2D eigenvalue weighted by Gasteiger charge is -2.10. The molecule has 0 spiro atoms. The van der Waals surface area contributed by atoms with Gasteiger partial charge in [0.15, 0.2) is 5.82 Å². The first-order chi connectivity index (χ1) is 7.34. The highest BCUT2D eigenvalue weighted by atomic mass is 16.5. The maximum absolute atomic E-state index is 11.3. The number of urea groups is 1. The van der Waals surface area contributed by atoms with Gasteiger partial charge in [-0.3, -0.25) is 0 Å². The number of H-pyrrole nitrogens is 1. The Morgan fingerprint density at radius 3 is 3.27 bits per heavy atom. The van der Waals surface area contributed by atoms with E-state index < -0.39 is 0 Å². The van der Waals surface area contributed by atoms with E-state index in [1.54, 1.807) is 0 Å². The zero-order valence-corrected chi connectivity index (χ0v) is 8.06. The van der Waals surface area contributed by atoms with Crippen molar-refractivity contribution in [3.05, 3.63) is 5.82 Å². The van der Waals surface area contributed by atoms with Gasteiger partial charge in [-0.1, -0.05) is 5.21 Å². The molecule has 0 saturated carbocycles. The van der Waals surface area contributed by atoms with Crippen molar-refractivity contribution in [1.82, 2.24) is 31.3 Å². The normalized spacial score (nSPS) is 20.1. The van der Waals surface area contributed by atoms with Gasteiger partial charge in [0.2, 0.25) is 0 Å². The lowest BCUT2D eigenvalue weighted by atomic mass is 10.3. The van der Waals surface area contributed by atoms with Crippen LogP contribution in [-0.2, 0) is 11.3 Å². The van der Waals surface area contributed by atoms with Gasteiger partial charge in [0.25, 0.3) is 0 Å². The largest absolute Gasteiger partial charge is 0.379 e. The summed E-state index contributed by atoms with van der Waals surface area (Å²) in [4.78, 5) is 11.3. The maximum Gasteiger partial charge on any atom is 0.315 e. The third-order valence-electron chi connectivity index (χ3n) is 2.06. The average molecular weight is 212 g/mol. The molecular formula is C7H12N6O2. The predicted molar refractivity (Wildman–Crippen MR) is 48.8 cm³/mol. The van der Waals surface area contributed by atoms with Crippen molar-refractivity contribution in [2.75, 3.05) is 13.2 Å². The van der Waals surface area contributed by atoms with E-state index in [1.807, 2.05) is 0 Å². The first kappa shape index (κ1) is 9.84. The SMILES string of the molecule is O=C(NCc1nn[nH]n1)NC1CCOC1. The second kappa shape index (κ2) is 4.69. The number of hydrogen-bond donors (Lipinski definition) is 3. The molecule has 8 heteroatoms. The average Bonchev–Trinajstić information content (AvgIpc) is 2.86. The molecule has 82 valence electrons. The number of amides is 2. The minimum Gasteiger partial charge on any atom is -0.379 e. The van der Waals surface area contributed by atoms with E-state index in [2.05, 4.69) is 31.3 Å². The van der Waals surface area contributed by atoms with Crippen molar-refractivity contribution in [2.24, 2.45) is 0 Å². The van der Waals surface area contributed by atoms with Crippen LogP contribution in [0.5, 0.6) is 0 Å². The molecular weight excluding hydrogens is 200 g/mol. The van der Waals surface area contributed by atoms with E-state index in [-0.39, 0.29) is 18.6 Å². The third kappa shape index (κ3) is 2.88. The summed E-state index contributed by atoms with van der Waals surface area (Å²) >= 11 is 0. The van der Waals surface area contributed by atoms with E-state index >= 15 is 0 Å². The molecule has 0 bridgehead atoms. The number of carbonyl (C=O) groups is 1. The maximum atomic E-state index is 11.3. The fraction of sp³-hybridized carbons (Fsp3) is 0.714. The van der Waals surface area contributed by atoms with E-state index in [1.165, 1.54) is 0 Å². The van der Waals surface area contributed by atoms with Crippen LogP contribution in [0.3, 0.4) is 0 Å². The Kier molecular flexibility index (Phi) is 3.08. The van der Waals surface area contributed by atoms with Crippen molar-refractivity contribution in [3.63, 3.8) is 0 Å². The number of ether oxygens (including phenoxy) is 1. The Morgan fingerprint density at radius 1 is 1.67 bits per heavy atom. The lowest BCUT2D eigenvalue weighted by molar-refractivity contribution is 0.188. The fourth-order valence-corrected chi connectivity index (χ4v) is 1.30. The van der Waals surface area contributed by atoms with Crippen molar-refractivity contribution in [3.8, 4) is 0 Å². The summed E-state index contributed by atoms with van der Waals surface area (Å²) in [5, 5.41) is 18.5. The molecule has 1 aromatic heterocycles. The highest BCUT2D eigenvalue weighted by Crippen LogP contribution is 2.02. The minimum absolute atomic E-state index is 0.107. The summed E-state index contributed by atoms with van der Waals surface area (Å²) in [7, 11) is 0. The molecule has 1 unspecified atom stereocenters. The van der Waals surface area contributed by atoms with Crippen LogP contribution in [0.15, 0.2) is 0 Å². The van der Waals surface area contributed by atoms with E-state index in [4.69, 9.17) is 4.74 Å². The van der Waals surface area contributed by atoms with Crippen LogP contribution in [0.2, 0.25) is 0 Å². The van der Waals surface area contributed by atoms with Crippen LogP contribution in [0.1, 0.15) is 12.2 Å². The summed E-state index contributed by atoms with van der Waals surface area (Å²) in [6, 6.07) is -0.134. The van der Waals surface area contributed by atoms with Crippen LogP contribution in [0.25, 0.3) is 0 Å². The zero-order chi connectivity index (χ0) is 10.5. The van der Waals surface area contributed by atoms with Crippen LogP contribution < -0.4 is 10.6 Å². The Bertz CT molecular complexity index is 307. The number of nitrogens with zero attached hydrogens (tertiary/aromatic N) is 3. The Hall–Kier alpha value is -1.70. The van der Waals surface area contributed by atoms with Gasteiger partial charge in [-0.05, 0) is 6.42 Å². The molecule has 8 nitrogen and oxygen atoms in total. The Morgan fingerprint density at radius 2 is 2.60 bits per heavy atom. The van der Waals surface area contributed by atoms with Gasteiger partial charge >= 0.3 is 6.03 Å². The van der Waals surface area contributed by atoms with E-state index in [9.17, 15) is 4.79 Å². The molecule has 0 aliphatic carbocycles. The van der Waals surface area contributed by atoms with Gasteiger partial charge in [0.05, 0.1) is 19.2 Å². The smallest absolute Gasteiger partial charge is 0.315 e. The van der Waals surface area contributed by atoms with Crippen LogP contribution in [0, 0.1) is 0 Å².